The number of nitrogens with one attached hydrogen (secondary N) is 2. The SMILES string of the molecule is O=C(O)CC1(Nc2ccc(Br)cc2Cl)CNC1. The number of halogens is 2. The normalized spacial score (nSPS) is 17.3. The van der Waals surface area contributed by atoms with Crippen molar-refractivity contribution >= 4 is 39.2 Å². The van der Waals surface area contributed by atoms with Gasteiger partial charge in [-0.3, -0.25) is 4.79 Å². The molecule has 0 bridgehead atoms. The Morgan fingerprint density at radius 3 is 2.76 bits per heavy atom. The van der Waals surface area contributed by atoms with E-state index in [9.17, 15) is 4.79 Å². The third-order valence-corrected chi connectivity index (χ3v) is 3.55. The summed E-state index contributed by atoms with van der Waals surface area (Å²) in [6.07, 6.45) is 0.0758. The molecular weight excluding hydrogens is 307 g/mol. The van der Waals surface area contributed by atoms with Crippen LogP contribution in [0.5, 0.6) is 0 Å². The first kappa shape index (κ1) is 12.7. The number of hydrogen-bond acceptors (Lipinski definition) is 3. The van der Waals surface area contributed by atoms with E-state index in [4.69, 9.17) is 16.7 Å². The van der Waals surface area contributed by atoms with Gasteiger partial charge in [-0.2, -0.15) is 0 Å². The summed E-state index contributed by atoms with van der Waals surface area (Å²) < 4.78 is 0.895. The van der Waals surface area contributed by atoms with Crippen LogP contribution in [-0.2, 0) is 4.79 Å². The Kier molecular flexibility index (Phi) is 3.61. The number of carbonyl (C=O) groups is 1. The molecule has 3 N–H and O–H groups in total. The minimum Gasteiger partial charge on any atom is -0.481 e. The highest BCUT2D eigenvalue weighted by Gasteiger charge is 2.39. The molecule has 0 aliphatic carbocycles. The second kappa shape index (κ2) is 4.84. The van der Waals surface area contributed by atoms with Crippen LogP contribution in [0.2, 0.25) is 5.02 Å². The summed E-state index contributed by atoms with van der Waals surface area (Å²) in [6, 6.07) is 5.49. The van der Waals surface area contributed by atoms with Crippen molar-refractivity contribution < 1.29 is 9.90 Å². The number of anilines is 1. The molecule has 1 aliphatic heterocycles. The summed E-state index contributed by atoms with van der Waals surface area (Å²) in [4.78, 5) is 10.8. The van der Waals surface area contributed by atoms with E-state index < -0.39 is 11.5 Å². The summed E-state index contributed by atoms with van der Waals surface area (Å²) in [5.41, 5.74) is 0.334. The number of carboxylic acids is 1. The Labute approximate surface area is 112 Å². The van der Waals surface area contributed by atoms with Gasteiger partial charge < -0.3 is 15.7 Å². The van der Waals surface area contributed by atoms with E-state index in [1.807, 2.05) is 12.1 Å². The molecule has 2 rings (SSSR count). The Morgan fingerprint density at radius 1 is 1.59 bits per heavy atom. The molecule has 0 atom stereocenters. The van der Waals surface area contributed by atoms with E-state index in [1.165, 1.54) is 0 Å². The molecule has 92 valence electrons. The van der Waals surface area contributed by atoms with Crippen molar-refractivity contribution in [1.29, 1.82) is 0 Å². The number of carboxylic acid groups (broad SMARTS) is 1. The van der Waals surface area contributed by atoms with Crippen molar-refractivity contribution in [1.82, 2.24) is 5.32 Å². The van der Waals surface area contributed by atoms with Crippen molar-refractivity contribution in [3.05, 3.63) is 27.7 Å². The lowest BCUT2D eigenvalue weighted by Crippen LogP contribution is -2.65. The average molecular weight is 320 g/mol. The molecule has 1 saturated heterocycles. The second-order valence-corrected chi connectivity index (χ2v) is 5.53. The summed E-state index contributed by atoms with van der Waals surface area (Å²) in [5, 5.41) is 15.8. The summed E-state index contributed by atoms with van der Waals surface area (Å²) >= 11 is 9.42. The molecule has 1 aromatic carbocycles. The molecule has 1 fully saturated rings. The fourth-order valence-electron chi connectivity index (χ4n) is 1.85. The highest BCUT2D eigenvalue weighted by Crippen LogP contribution is 2.30. The van der Waals surface area contributed by atoms with E-state index in [0.717, 1.165) is 10.2 Å². The Hall–Kier alpha value is -0.780. The Balaban J connectivity index is 2.15. The van der Waals surface area contributed by atoms with E-state index >= 15 is 0 Å². The fourth-order valence-corrected chi connectivity index (χ4v) is 2.57. The van der Waals surface area contributed by atoms with Crippen LogP contribution in [0.25, 0.3) is 0 Å². The van der Waals surface area contributed by atoms with Crippen LogP contribution in [0.4, 0.5) is 5.69 Å². The molecule has 6 heteroatoms. The van der Waals surface area contributed by atoms with Gasteiger partial charge >= 0.3 is 5.97 Å². The quantitative estimate of drug-likeness (QED) is 0.797. The predicted octanol–water partition coefficient (Wildman–Crippen LogP) is 2.33. The summed E-state index contributed by atoms with van der Waals surface area (Å²) in [6.45, 7) is 1.26. The standard InChI is InChI=1S/C11H12BrClN2O2/c12-7-1-2-9(8(13)3-7)15-11(4-10(16)17)5-14-6-11/h1-3,14-15H,4-6H2,(H,16,17). The van der Waals surface area contributed by atoms with Gasteiger partial charge in [0.25, 0.3) is 0 Å². The molecule has 1 aliphatic rings. The maximum absolute atomic E-state index is 10.8. The van der Waals surface area contributed by atoms with Gasteiger partial charge in [0.15, 0.2) is 0 Å². The van der Waals surface area contributed by atoms with Crippen molar-refractivity contribution in [2.75, 3.05) is 18.4 Å². The number of aliphatic carboxylic acids is 1. The van der Waals surface area contributed by atoms with E-state index in [-0.39, 0.29) is 6.42 Å². The number of rotatable bonds is 4. The zero-order chi connectivity index (χ0) is 12.5. The molecule has 0 amide bonds. The predicted molar refractivity (Wildman–Crippen MR) is 70.6 cm³/mol. The lowest BCUT2D eigenvalue weighted by atomic mass is 9.88. The fraction of sp³-hybridized carbons (Fsp3) is 0.364. The molecule has 0 spiro atoms. The highest BCUT2D eigenvalue weighted by atomic mass is 79.9. The average Bonchev–Trinajstić information content (AvgIpc) is 2.18. The van der Waals surface area contributed by atoms with Crippen molar-refractivity contribution in [2.45, 2.75) is 12.0 Å². The van der Waals surface area contributed by atoms with Crippen LogP contribution in [0, 0.1) is 0 Å². The Morgan fingerprint density at radius 2 is 2.29 bits per heavy atom. The topological polar surface area (TPSA) is 61.4 Å². The van der Waals surface area contributed by atoms with Gasteiger partial charge in [-0.1, -0.05) is 27.5 Å². The van der Waals surface area contributed by atoms with Gasteiger partial charge in [-0.05, 0) is 18.2 Å². The first-order valence-corrected chi connectivity index (χ1v) is 6.34. The number of hydrogen-bond donors (Lipinski definition) is 3. The molecule has 1 aromatic rings. The minimum absolute atomic E-state index is 0.0758. The van der Waals surface area contributed by atoms with Crippen LogP contribution in [0.3, 0.4) is 0 Å². The van der Waals surface area contributed by atoms with Crippen LogP contribution in [-0.4, -0.2) is 29.7 Å². The highest BCUT2D eigenvalue weighted by molar-refractivity contribution is 9.10. The zero-order valence-electron chi connectivity index (χ0n) is 8.96. The van der Waals surface area contributed by atoms with Gasteiger partial charge in [0.1, 0.15) is 0 Å². The molecule has 1 heterocycles. The third kappa shape index (κ3) is 2.91. The van der Waals surface area contributed by atoms with Crippen LogP contribution < -0.4 is 10.6 Å². The largest absolute Gasteiger partial charge is 0.481 e. The smallest absolute Gasteiger partial charge is 0.305 e. The third-order valence-electron chi connectivity index (χ3n) is 2.75. The van der Waals surface area contributed by atoms with Crippen LogP contribution >= 0.6 is 27.5 Å². The van der Waals surface area contributed by atoms with Gasteiger partial charge in [-0.15, -0.1) is 0 Å². The lowest BCUT2D eigenvalue weighted by Gasteiger charge is -2.43. The number of benzene rings is 1. The van der Waals surface area contributed by atoms with Crippen molar-refractivity contribution in [3.63, 3.8) is 0 Å². The first-order chi connectivity index (χ1) is 8.01. The van der Waals surface area contributed by atoms with Gasteiger partial charge in [0.05, 0.1) is 22.7 Å². The molecule has 17 heavy (non-hydrogen) atoms. The maximum Gasteiger partial charge on any atom is 0.305 e. The molecule has 4 nitrogen and oxygen atoms in total. The van der Waals surface area contributed by atoms with E-state index in [2.05, 4.69) is 26.6 Å². The molecule has 0 unspecified atom stereocenters. The van der Waals surface area contributed by atoms with Gasteiger partial charge in [-0.25, -0.2) is 0 Å². The molecule has 0 saturated carbocycles. The van der Waals surface area contributed by atoms with Gasteiger partial charge in [0.2, 0.25) is 0 Å². The van der Waals surface area contributed by atoms with E-state index in [1.54, 1.807) is 6.07 Å². The zero-order valence-corrected chi connectivity index (χ0v) is 11.3. The maximum atomic E-state index is 10.8. The monoisotopic (exact) mass is 318 g/mol. The first-order valence-electron chi connectivity index (χ1n) is 5.17. The summed E-state index contributed by atoms with van der Waals surface area (Å²) in [7, 11) is 0. The van der Waals surface area contributed by atoms with Crippen molar-refractivity contribution in [2.24, 2.45) is 0 Å². The van der Waals surface area contributed by atoms with Crippen molar-refractivity contribution in [3.8, 4) is 0 Å². The Bertz CT molecular complexity index is 449. The van der Waals surface area contributed by atoms with Crippen LogP contribution in [0.1, 0.15) is 6.42 Å². The van der Waals surface area contributed by atoms with Gasteiger partial charge in [0, 0.05) is 17.6 Å². The van der Waals surface area contributed by atoms with Crippen LogP contribution in [0.15, 0.2) is 22.7 Å². The lowest BCUT2D eigenvalue weighted by molar-refractivity contribution is -0.138. The summed E-state index contributed by atoms with van der Waals surface area (Å²) in [5.74, 6) is -0.813. The second-order valence-electron chi connectivity index (χ2n) is 4.20. The molecule has 0 radical (unpaired) electrons. The minimum atomic E-state index is -0.813. The molecule has 0 aromatic heterocycles. The van der Waals surface area contributed by atoms with E-state index in [0.29, 0.717) is 18.1 Å². The molecular formula is C11H12BrClN2O2.